The number of hydrogen-bond acceptors (Lipinski definition) is 4. The van der Waals surface area contributed by atoms with Crippen molar-refractivity contribution < 1.29 is 19.4 Å². The lowest BCUT2D eigenvalue weighted by atomic mass is 9.87. The van der Waals surface area contributed by atoms with Crippen LogP contribution in [0.5, 0.6) is 11.5 Å². The molecule has 0 radical (unpaired) electrons. The minimum atomic E-state index is -1.16. The fraction of sp³-hybridized carbons (Fsp3) is 0.588. The molecule has 0 saturated heterocycles. The van der Waals surface area contributed by atoms with E-state index in [9.17, 15) is 4.79 Å². The second-order valence-corrected chi connectivity index (χ2v) is 6.10. The fourth-order valence-corrected chi connectivity index (χ4v) is 2.63. The van der Waals surface area contributed by atoms with Gasteiger partial charge in [0.05, 0.1) is 14.2 Å². The maximum Gasteiger partial charge on any atom is 0.323 e. The van der Waals surface area contributed by atoms with E-state index in [0.717, 1.165) is 36.3 Å². The largest absolute Gasteiger partial charge is 0.497 e. The molecule has 0 aliphatic heterocycles. The van der Waals surface area contributed by atoms with Crippen molar-refractivity contribution in [2.24, 2.45) is 11.7 Å². The van der Waals surface area contributed by atoms with Gasteiger partial charge in [0.25, 0.3) is 0 Å². The van der Waals surface area contributed by atoms with Crippen LogP contribution in [0.15, 0.2) is 18.2 Å². The first-order valence-corrected chi connectivity index (χ1v) is 7.53. The summed E-state index contributed by atoms with van der Waals surface area (Å²) in [6.45, 7) is 3.60. The predicted molar refractivity (Wildman–Crippen MR) is 86.5 cm³/mol. The lowest BCUT2D eigenvalue weighted by Crippen LogP contribution is -2.46. The number of rotatable bonds is 9. The zero-order valence-electron chi connectivity index (χ0n) is 13.9. The lowest BCUT2D eigenvalue weighted by Gasteiger charge is -2.23. The molecule has 5 nitrogen and oxygen atoms in total. The summed E-state index contributed by atoms with van der Waals surface area (Å²) in [6.07, 6.45) is 3.19. The highest BCUT2D eigenvalue weighted by atomic mass is 16.5. The summed E-state index contributed by atoms with van der Waals surface area (Å²) in [5.41, 5.74) is 5.73. The zero-order valence-corrected chi connectivity index (χ0v) is 13.9. The van der Waals surface area contributed by atoms with Gasteiger partial charge in [0.15, 0.2) is 0 Å². The van der Waals surface area contributed by atoms with Crippen molar-refractivity contribution in [3.8, 4) is 11.5 Å². The van der Waals surface area contributed by atoms with Crippen LogP contribution in [0.25, 0.3) is 0 Å². The molecule has 0 aliphatic rings. The maximum atomic E-state index is 11.1. The number of aliphatic carboxylic acids is 1. The molecular weight excluding hydrogens is 282 g/mol. The van der Waals surface area contributed by atoms with E-state index < -0.39 is 11.5 Å². The maximum absolute atomic E-state index is 11.1. The number of ether oxygens (including phenoxy) is 2. The highest BCUT2D eigenvalue weighted by Gasteiger charge is 2.29. The van der Waals surface area contributed by atoms with Crippen LogP contribution in [0.2, 0.25) is 0 Å². The molecule has 3 N–H and O–H groups in total. The third-order valence-electron chi connectivity index (χ3n) is 3.89. The molecule has 0 aliphatic carbocycles. The molecule has 22 heavy (non-hydrogen) atoms. The van der Waals surface area contributed by atoms with Gasteiger partial charge < -0.3 is 20.3 Å². The third kappa shape index (κ3) is 5.22. The monoisotopic (exact) mass is 309 g/mol. The van der Waals surface area contributed by atoms with E-state index in [-0.39, 0.29) is 5.92 Å². The summed E-state index contributed by atoms with van der Waals surface area (Å²) in [5.74, 6) is 0.962. The molecular formula is C17H27NO4. The molecule has 1 rings (SSSR count). The van der Waals surface area contributed by atoms with Crippen LogP contribution in [-0.2, 0) is 11.2 Å². The first kappa shape index (κ1) is 18.3. The Morgan fingerprint density at radius 3 is 2.59 bits per heavy atom. The van der Waals surface area contributed by atoms with Crippen molar-refractivity contribution in [1.82, 2.24) is 0 Å². The van der Waals surface area contributed by atoms with Crippen molar-refractivity contribution in [3.63, 3.8) is 0 Å². The molecule has 0 saturated carbocycles. The van der Waals surface area contributed by atoms with E-state index in [0.29, 0.717) is 6.42 Å². The van der Waals surface area contributed by atoms with Gasteiger partial charge in [-0.25, -0.2) is 0 Å². The average molecular weight is 309 g/mol. The lowest BCUT2D eigenvalue weighted by molar-refractivity contribution is -0.143. The van der Waals surface area contributed by atoms with Crippen LogP contribution in [0.4, 0.5) is 0 Å². The van der Waals surface area contributed by atoms with Crippen LogP contribution >= 0.6 is 0 Å². The molecule has 2 unspecified atom stereocenters. The quantitative estimate of drug-likeness (QED) is 0.733. The standard InChI is InChI=1S/C17H27NO4/c1-12(11-17(2,18)16(19)20)6-5-7-13-10-14(21-3)8-9-15(13)22-4/h8-10,12H,5-7,11,18H2,1-4H3,(H,19,20). The van der Waals surface area contributed by atoms with Crippen LogP contribution in [0, 0.1) is 5.92 Å². The molecule has 0 heterocycles. The van der Waals surface area contributed by atoms with Gasteiger partial charge >= 0.3 is 5.97 Å². The van der Waals surface area contributed by atoms with Gasteiger partial charge in [0, 0.05) is 0 Å². The average Bonchev–Trinajstić information content (AvgIpc) is 2.46. The van der Waals surface area contributed by atoms with Gasteiger partial charge in [-0.2, -0.15) is 0 Å². The summed E-state index contributed by atoms with van der Waals surface area (Å²) in [4.78, 5) is 11.1. The fourth-order valence-electron chi connectivity index (χ4n) is 2.63. The Kier molecular flexibility index (Phi) is 6.68. The first-order chi connectivity index (χ1) is 10.3. The van der Waals surface area contributed by atoms with E-state index >= 15 is 0 Å². The number of aryl methyl sites for hydroxylation is 1. The van der Waals surface area contributed by atoms with Gasteiger partial charge in [-0.15, -0.1) is 0 Å². The minimum absolute atomic E-state index is 0.253. The summed E-state index contributed by atoms with van der Waals surface area (Å²) in [5, 5.41) is 9.06. The van der Waals surface area contributed by atoms with E-state index in [2.05, 4.69) is 0 Å². The number of carbonyl (C=O) groups is 1. The van der Waals surface area contributed by atoms with E-state index in [1.165, 1.54) is 0 Å². The molecule has 124 valence electrons. The number of benzene rings is 1. The number of carboxylic acids is 1. The van der Waals surface area contributed by atoms with Crippen molar-refractivity contribution in [1.29, 1.82) is 0 Å². The minimum Gasteiger partial charge on any atom is -0.497 e. The topological polar surface area (TPSA) is 81.8 Å². The Labute approximate surface area is 132 Å². The molecule has 0 spiro atoms. The second kappa shape index (κ2) is 8.03. The van der Waals surface area contributed by atoms with Crippen molar-refractivity contribution in [2.75, 3.05) is 14.2 Å². The van der Waals surface area contributed by atoms with Gasteiger partial charge in [0.1, 0.15) is 17.0 Å². The molecule has 1 aromatic rings. The molecule has 1 aromatic carbocycles. The molecule has 0 bridgehead atoms. The Morgan fingerprint density at radius 1 is 1.36 bits per heavy atom. The van der Waals surface area contributed by atoms with Crippen LogP contribution in [-0.4, -0.2) is 30.8 Å². The molecule has 0 fully saturated rings. The number of hydrogen-bond donors (Lipinski definition) is 2. The normalized spacial score (nSPS) is 15.0. The number of nitrogens with two attached hydrogens (primary N) is 1. The number of carboxylic acid groups (broad SMARTS) is 1. The summed E-state index contributed by atoms with van der Waals surface area (Å²) >= 11 is 0. The Morgan fingerprint density at radius 2 is 2.05 bits per heavy atom. The van der Waals surface area contributed by atoms with Gasteiger partial charge in [-0.05, 0) is 55.9 Å². The summed E-state index contributed by atoms with van der Waals surface area (Å²) in [6, 6.07) is 5.75. The molecule has 0 aromatic heterocycles. The van der Waals surface area contributed by atoms with Gasteiger partial charge in [-0.1, -0.05) is 13.3 Å². The summed E-state index contributed by atoms with van der Waals surface area (Å²) in [7, 11) is 3.29. The molecule has 2 atom stereocenters. The number of methoxy groups -OCH3 is 2. The van der Waals surface area contributed by atoms with E-state index in [1.54, 1.807) is 21.1 Å². The Hall–Kier alpha value is -1.75. The Balaban J connectivity index is 2.55. The van der Waals surface area contributed by atoms with E-state index in [1.807, 2.05) is 25.1 Å². The van der Waals surface area contributed by atoms with Crippen LogP contribution in [0.1, 0.15) is 38.7 Å². The van der Waals surface area contributed by atoms with Crippen molar-refractivity contribution in [3.05, 3.63) is 23.8 Å². The highest BCUT2D eigenvalue weighted by molar-refractivity contribution is 5.77. The SMILES string of the molecule is COc1ccc(OC)c(CCCC(C)CC(C)(N)C(=O)O)c1. The third-order valence-corrected chi connectivity index (χ3v) is 3.89. The van der Waals surface area contributed by atoms with Crippen molar-refractivity contribution in [2.45, 2.75) is 45.1 Å². The van der Waals surface area contributed by atoms with Gasteiger partial charge in [0.2, 0.25) is 0 Å². The smallest absolute Gasteiger partial charge is 0.323 e. The van der Waals surface area contributed by atoms with Crippen molar-refractivity contribution >= 4 is 5.97 Å². The van der Waals surface area contributed by atoms with E-state index in [4.69, 9.17) is 20.3 Å². The molecule has 0 amide bonds. The highest BCUT2D eigenvalue weighted by Crippen LogP contribution is 2.27. The summed E-state index contributed by atoms with van der Waals surface area (Å²) < 4.78 is 10.6. The van der Waals surface area contributed by atoms with Crippen LogP contribution in [0.3, 0.4) is 0 Å². The first-order valence-electron chi connectivity index (χ1n) is 7.53. The van der Waals surface area contributed by atoms with Crippen LogP contribution < -0.4 is 15.2 Å². The predicted octanol–water partition coefficient (Wildman–Crippen LogP) is 2.85. The Bertz CT molecular complexity index is 499. The zero-order chi connectivity index (χ0) is 16.8. The second-order valence-electron chi connectivity index (χ2n) is 6.10. The molecule has 5 heteroatoms. The van der Waals surface area contributed by atoms with Gasteiger partial charge in [-0.3, -0.25) is 4.79 Å².